The second kappa shape index (κ2) is 9.33. The van der Waals surface area contributed by atoms with Gasteiger partial charge in [-0.15, -0.1) is 0 Å². The number of aromatic hydroxyl groups is 1. The molecule has 26 heavy (non-hydrogen) atoms. The summed E-state index contributed by atoms with van der Waals surface area (Å²) in [5.74, 6) is -0.0866. The molecular weight excluding hydrogens is 332 g/mol. The van der Waals surface area contributed by atoms with Gasteiger partial charge in [0.15, 0.2) is 0 Å². The molecule has 0 spiro atoms. The average molecular weight is 358 g/mol. The van der Waals surface area contributed by atoms with Crippen molar-refractivity contribution in [2.45, 2.75) is 39.0 Å². The summed E-state index contributed by atoms with van der Waals surface area (Å²) in [6.45, 7) is 3.57. The van der Waals surface area contributed by atoms with Crippen molar-refractivity contribution < 1.29 is 20.1 Å². The van der Waals surface area contributed by atoms with E-state index in [0.717, 1.165) is 17.7 Å². The third-order valence-electron chi connectivity index (χ3n) is 4.11. The van der Waals surface area contributed by atoms with E-state index in [1.54, 1.807) is 12.1 Å². The second-order valence-electron chi connectivity index (χ2n) is 6.46. The van der Waals surface area contributed by atoms with Gasteiger partial charge in [-0.25, -0.2) is 0 Å². The van der Waals surface area contributed by atoms with E-state index in [2.05, 4.69) is 10.6 Å². The third kappa shape index (κ3) is 5.84. The van der Waals surface area contributed by atoms with Gasteiger partial charge in [-0.05, 0) is 48.7 Å². The molecule has 0 saturated carbocycles. The minimum Gasteiger partial charge on any atom is -0.508 e. The number of carbonyl (C=O) groups is 1. The van der Waals surface area contributed by atoms with Crippen LogP contribution in [0.4, 0.5) is 5.69 Å². The smallest absolute Gasteiger partial charge is 0.221 e. The molecule has 6 nitrogen and oxygen atoms in total. The number of nitrogens with one attached hydrogen (secondary N) is 2. The van der Waals surface area contributed by atoms with Gasteiger partial charge in [0, 0.05) is 30.8 Å². The van der Waals surface area contributed by atoms with Gasteiger partial charge in [0.2, 0.25) is 5.91 Å². The lowest BCUT2D eigenvalue weighted by Gasteiger charge is -2.18. The van der Waals surface area contributed by atoms with Crippen LogP contribution in [0.2, 0.25) is 0 Å². The number of amides is 1. The predicted molar refractivity (Wildman–Crippen MR) is 101 cm³/mol. The van der Waals surface area contributed by atoms with E-state index in [1.165, 1.54) is 13.0 Å². The van der Waals surface area contributed by atoms with Crippen molar-refractivity contribution in [3.63, 3.8) is 0 Å². The Morgan fingerprint density at radius 1 is 1.19 bits per heavy atom. The number of carbonyl (C=O) groups excluding carboxylic acids is 1. The van der Waals surface area contributed by atoms with Crippen LogP contribution in [0.1, 0.15) is 36.6 Å². The van der Waals surface area contributed by atoms with E-state index in [4.69, 9.17) is 0 Å². The van der Waals surface area contributed by atoms with Gasteiger partial charge < -0.3 is 26.0 Å². The number of rotatable bonds is 8. The molecule has 0 bridgehead atoms. The van der Waals surface area contributed by atoms with Crippen molar-refractivity contribution >= 4 is 11.6 Å². The van der Waals surface area contributed by atoms with Gasteiger partial charge in [0.05, 0.1) is 12.7 Å². The van der Waals surface area contributed by atoms with E-state index in [-0.39, 0.29) is 24.3 Å². The topological polar surface area (TPSA) is 102 Å². The van der Waals surface area contributed by atoms with Gasteiger partial charge in [-0.2, -0.15) is 0 Å². The van der Waals surface area contributed by atoms with Gasteiger partial charge >= 0.3 is 0 Å². The van der Waals surface area contributed by atoms with Crippen molar-refractivity contribution in [1.82, 2.24) is 5.32 Å². The fourth-order valence-electron chi connectivity index (χ4n) is 2.78. The standard InChI is InChI=1S/C20H26N2O4/c1-13(8-15-4-3-5-18(9-15)22-14(2)24)21-11-20(26)16-6-7-19(25)17(10-16)12-23/h3-7,9-10,13,20-21,23,25-26H,8,11-12H2,1-2H3,(H,22,24). The molecule has 2 rings (SSSR count). The molecule has 5 N–H and O–H groups in total. The first kappa shape index (κ1) is 19.9. The largest absolute Gasteiger partial charge is 0.508 e. The number of hydrogen-bond acceptors (Lipinski definition) is 5. The summed E-state index contributed by atoms with van der Waals surface area (Å²) >= 11 is 0. The monoisotopic (exact) mass is 358 g/mol. The molecular formula is C20H26N2O4. The quantitative estimate of drug-likeness (QED) is 0.497. The van der Waals surface area contributed by atoms with Gasteiger partial charge in [-0.1, -0.05) is 18.2 Å². The van der Waals surface area contributed by atoms with Crippen LogP contribution in [-0.2, 0) is 17.8 Å². The molecule has 0 saturated heterocycles. The van der Waals surface area contributed by atoms with Crippen molar-refractivity contribution in [3.05, 3.63) is 59.2 Å². The van der Waals surface area contributed by atoms with E-state index in [1.807, 2.05) is 31.2 Å². The molecule has 140 valence electrons. The summed E-state index contributed by atoms with van der Waals surface area (Å²) in [4.78, 5) is 11.1. The molecule has 2 aromatic rings. The Labute approximate surface area is 153 Å². The van der Waals surface area contributed by atoms with Crippen LogP contribution in [-0.4, -0.2) is 33.8 Å². The molecule has 0 heterocycles. The van der Waals surface area contributed by atoms with Crippen molar-refractivity contribution in [1.29, 1.82) is 0 Å². The zero-order valence-electron chi connectivity index (χ0n) is 15.1. The SMILES string of the molecule is CC(=O)Nc1cccc(CC(C)NCC(O)c2ccc(O)c(CO)c2)c1. The van der Waals surface area contributed by atoms with Crippen molar-refractivity contribution in [3.8, 4) is 5.75 Å². The van der Waals surface area contributed by atoms with E-state index >= 15 is 0 Å². The Balaban J connectivity index is 1.90. The number of hydrogen-bond donors (Lipinski definition) is 5. The molecule has 6 heteroatoms. The van der Waals surface area contributed by atoms with Crippen LogP contribution in [0.5, 0.6) is 5.75 Å². The maximum absolute atomic E-state index is 11.1. The van der Waals surface area contributed by atoms with Crippen LogP contribution >= 0.6 is 0 Å². The molecule has 2 aromatic carbocycles. The molecule has 0 aliphatic heterocycles. The van der Waals surface area contributed by atoms with E-state index in [9.17, 15) is 20.1 Å². The number of anilines is 1. The lowest BCUT2D eigenvalue weighted by molar-refractivity contribution is -0.114. The molecule has 0 aliphatic rings. The highest BCUT2D eigenvalue weighted by atomic mass is 16.3. The lowest BCUT2D eigenvalue weighted by atomic mass is 10.0. The summed E-state index contributed by atoms with van der Waals surface area (Å²) in [5.41, 5.74) is 2.88. The summed E-state index contributed by atoms with van der Waals surface area (Å²) in [5, 5.41) is 35.2. The Hall–Kier alpha value is -2.41. The number of benzene rings is 2. The summed E-state index contributed by atoms with van der Waals surface area (Å²) in [6.07, 6.45) is 0.00602. The van der Waals surface area contributed by atoms with Crippen molar-refractivity contribution in [2.75, 3.05) is 11.9 Å². The Morgan fingerprint density at radius 2 is 1.96 bits per heavy atom. The summed E-state index contributed by atoms with van der Waals surface area (Å²) in [6, 6.07) is 12.5. The van der Waals surface area contributed by atoms with Crippen molar-refractivity contribution in [2.24, 2.45) is 0 Å². The highest BCUT2D eigenvalue weighted by Gasteiger charge is 2.12. The number of aliphatic hydroxyl groups is 2. The molecule has 2 atom stereocenters. The zero-order chi connectivity index (χ0) is 19.1. The van der Waals surface area contributed by atoms with Crippen LogP contribution in [0.25, 0.3) is 0 Å². The van der Waals surface area contributed by atoms with Crippen LogP contribution < -0.4 is 10.6 Å². The first-order chi connectivity index (χ1) is 12.4. The maximum atomic E-state index is 11.1. The fraction of sp³-hybridized carbons (Fsp3) is 0.350. The van der Waals surface area contributed by atoms with Gasteiger partial charge in [0.1, 0.15) is 5.75 Å². The molecule has 0 fully saturated rings. The Bertz CT molecular complexity index is 748. The summed E-state index contributed by atoms with van der Waals surface area (Å²) < 4.78 is 0. The van der Waals surface area contributed by atoms with Gasteiger partial charge in [0.25, 0.3) is 0 Å². The minimum atomic E-state index is -0.742. The van der Waals surface area contributed by atoms with Crippen LogP contribution in [0.3, 0.4) is 0 Å². The highest BCUT2D eigenvalue weighted by molar-refractivity contribution is 5.88. The highest BCUT2D eigenvalue weighted by Crippen LogP contribution is 2.22. The summed E-state index contributed by atoms with van der Waals surface area (Å²) in [7, 11) is 0. The molecule has 0 radical (unpaired) electrons. The molecule has 1 amide bonds. The zero-order valence-corrected chi connectivity index (χ0v) is 15.1. The number of phenols is 1. The first-order valence-electron chi connectivity index (χ1n) is 8.59. The average Bonchev–Trinajstić information content (AvgIpc) is 2.59. The molecule has 0 aliphatic carbocycles. The van der Waals surface area contributed by atoms with Crippen LogP contribution in [0.15, 0.2) is 42.5 Å². The first-order valence-corrected chi connectivity index (χ1v) is 8.59. The van der Waals surface area contributed by atoms with Gasteiger partial charge in [-0.3, -0.25) is 4.79 Å². The second-order valence-corrected chi connectivity index (χ2v) is 6.46. The molecule has 2 unspecified atom stereocenters. The number of aliphatic hydroxyl groups excluding tert-OH is 2. The fourth-order valence-corrected chi connectivity index (χ4v) is 2.78. The van der Waals surface area contributed by atoms with E-state index in [0.29, 0.717) is 17.7 Å². The minimum absolute atomic E-state index is 0.0174. The Kier molecular flexibility index (Phi) is 7.15. The normalized spacial score (nSPS) is 13.2. The maximum Gasteiger partial charge on any atom is 0.221 e. The predicted octanol–water partition coefficient (Wildman–Crippen LogP) is 2.10. The van der Waals surface area contributed by atoms with E-state index < -0.39 is 6.10 Å². The lowest BCUT2D eigenvalue weighted by Crippen LogP contribution is -2.32. The Morgan fingerprint density at radius 3 is 2.65 bits per heavy atom. The third-order valence-corrected chi connectivity index (χ3v) is 4.11. The molecule has 0 aromatic heterocycles. The van der Waals surface area contributed by atoms with Crippen LogP contribution in [0, 0.1) is 0 Å².